The molecule has 2 aromatic rings. The van der Waals surface area contributed by atoms with Gasteiger partial charge in [-0.25, -0.2) is 8.78 Å². The van der Waals surface area contributed by atoms with Crippen LogP contribution in [-0.4, -0.2) is 31.2 Å². The van der Waals surface area contributed by atoms with Gasteiger partial charge in [0.1, 0.15) is 11.5 Å². The highest BCUT2D eigenvalue weighted by molar-refractivity contribution is 5.95. The predicted molar refractivity (Wildman–Crippen MR) is 93.4 cm³/mol. The number of carbonyl (C=O) groups is 2. The molecule has 144 valence electrons. The van der Waals surface area contributed by atoms with Gasteiger partial charge in [0.2, 0.25) is 0 Å². The van der Waals surface area contributed by atoms with Crippen LogP contribution in [-0.2, 0) is 4.79 Å². The van der Waals surface area contributed by atoms with Gasteiger partial charge in [-0.2, -0.15) is 0 Å². The number of halogens is 2. The number of amides is 1. The maximum absolute atomic E-state index is 12.8. The number of rotatable bonds is 8. The first kappa shape index (κ1) is 20.2. The Bertz CT molecular complexity index is 825. The quantitative estimate of drug-likeness (QED) is 0.732. The average molecular weight is 379 g/mol. The molecule has 8 heteroatoms. The van der Waals surface area contributed by atoms with Crippen molar-refractivity contribution in [3.8, 4) is 11.5 Å². The van der Waals surface area contributed by atoms with Gasteiger partial charge in [-0.15, -0.1) is 0 Å². The molecule has 0 aromatic heterocycles. The largest absolute Gasteiger partial charge is 0.497 e. The number of nitrogens with one attached hydrogen (secondary N) is 1. The summed E-state index contributed by atoms with van der Waals surface area (Å²) in [6.07, 6.45) is -3.13. The standard InChI is InChI=1S/C19H19F2NO5/c1-26-13-6-7-14(16(9-13)27-2)15(10-17(23)24)22-19(25)12-5-3-4-11(8-12)18(20)21/h3-9,15,18H,10H2,1-2H3,(H,22,25)(H,23,24). The lowest BCUT2D eigenvalue weighted by Gasteiger charge is -2.20. The number of hydrogen-bond acceptors (Lipinski definition) is 4. The Kier molecular flexibility index (Phi) is 6.70. The van der Waals surface area contributed by atoms with E-state index in [0.29, 0.717) is 17.1 Å². The smallest absolute Gasteiger partial charge is 0.305 e. The Morgan fingerprint density at radius 3 is 2.44 bits per heavy atom. The van der Waals surface area contributed by atoms with Crippen molar-refractivity contribution in [2.24, 2.45) is 0 Å². The zero-order chi connectivity index (χ0) is 20.0. The second-order valence-corrected chi connectivity index (χ2v) is 5.66. The highest BCUT2D eigenvalue weighted by Crippen LogP contribution is 2.31. The molecule has 1 amide bonds. The molecular formula is C19H19F2NO5. The molecule has 0 spiro atoms. The molecule has 2 N–H and O–H groups in total. The van der Waals surface area contributed by atoms with Gasteiger partial charge in [-0.05, 0) is 24.3 Å². The van der Waals surface area contributed by atoms with Gasteiger partial charge in [0.15, 0.2) is 0 Å². The van der Waals surface area contributed by atoms with Gasteiger partial charge in [0.25, 0.3) is 12.3 Å². The van der Waals surface area contributed by atoms with E-state index in [1.165, 1.54) is 32.4 Å². The number of methoxy groups -OCH3 is 2. The van der Waals surface area contributed by atoms with Crippen molar-refractivity contribution < 1.29 is 33.0 Å². The first-order chi connectivity index (χ1) is 12.8. The Hall–Kier alpha value is -3.16. The van der Waals surface area contributed by atoms with Crippen molar-refractivity contribution >= 4 is 11.9 Å². The fourth-order valence-electron chi connectivity index (χ4n) is 2.58. The van der Waals surface area contributed by atoms with Gasteiger partial charge in [0, 0.05) is 22.8 Å². The minimum absolute atomic E-state index is 0.00988. The lowest BCUT2D eigenvalue weighted by Crippen LogP contribution is -2.30. The topological polar surface area (TPSA) is 84.9 Å². The summed E-state index contributed by atoms with van der Waals surface area (Å²) in [6, 6.07) is 8.84. The van der Waals surface area contributed by atoms with Crippen LogP contribution in [0.25, 0.3) is 0 Å². The number of carboxylic acid groups (broad SMARTS) is 1. The van der Waals surface area contributed by atoms with Gasteiger partial charge in [-0.3, -0.25) is 9.59 Å². The van der Waals surface area contributed by atoms with E-state index in [0.717, 1.165) is 6.07 Å². The van der Waals surface area contributed by atoms with Crippen LogP contribution in [0.15, 0.2) is 42.5 Å². The van der Waals surface area contributed by atoms with Crippen LogP contribution in [0.1, 0.15) is 40.4 Å². The summed E-state index contributed by atoms with van der Waals surface area (Å²) in [6.45, 7) is 0. The summed E-state index contributed by atoms with van der Waals surface area (Å²) in [4.78, 5) is 23.7. The second kappa shape index (κ2) is 8.98. The number of alkyl halides is 2. The summed E-state index contributed by atoms with van der Waals surface area (Å²) >= 11 is 0. The van der Waals surface area contributed by atoms with E-state index in [9.17, 15) is 23.5 Å². The van der Waals surface area contributed by atoms with Gasteiger partial charge in [0.05, 0.1) is 26.7 Å². The monoisotopic (exact) mass is 379 g/mol. The maximum Gasteiger partial charge on any atom is 0.305 e. The number of benzene rings is 2. The molecular weight excluding hydrogens is 360 g/mol. The molecule has 27 heavy (non-hydrogen) atoms. The Labute approximate surface area is 154 Å². The molecule has 0 fully saturated rings. The normalized spacial score (nSPS) is 11.7. The van der Waals surface area contributed by atoms with Crippen molar-refractivity contribution in [1.29, 1.82) is 0 Å². The molecule has 0 saturated heterocycles. The van der Waals surface area contributed by atoms with Gasteiger partial charge in [-0.1, -0.05) is 12.1 Å². The third-order valence-corrected chi connectivity index (χ3v) is 3.90. The molecule has 1 atom stereocenters. The SMILES string of the molecule is COc1ccc(C(CC(=O)O)NC(=O)c2cccc(C(F)F)c2)c(OC)c1. The summed E-state index contributed by atoms with van der Waals surface area (Å²) < 4.78 is 36.1. The minimum atomic E-state index is -2.71. The number of carbonyl (C=O) groups excluding carboxylic acids is 1. The van der Waals surface area contributed by atoms with Gasteiger partial charge < -0.3 is 19.9 Å². The fraction of sp³-hybridized carbons (Fsp3) is 0.263. The van der Waals surface area contributed by atoms with E-state index >= 15 is 0 Å². The fourth-order valence-corrected chi connectivity index (χ4v) is 2.58. The molecule has 1 unspecified atom stereocenters. The van der Waals surface area contributed by atoms with E-state index in [4.69, 9.17) is 9.47 Å². The Morgan fingerprint density at radius 2 is 1.85 bits per heavy atom. The number of hydrogen-bond donors (Lipinski definition) is 2. The molecule has 0 heterocycles. The predicted octanol–water partition coefficient (Wildman–Crippen LogP) is 3.59. The summed E-state index contributed by atoms with van der Waals surface area (Å²) in [5, 5.41) is 11.8. The van der Waals surface area contributed by atoms with Crippen LogP contribution in [0.4, 0.5) is 8.78 Å². The van der Waals surface area contributed by atoms with E-state index in [2.05, 4.69) is 5.32 Å². The number of ether oxygens (including phenoxy) is 2. The van der Waals surface area contributed by atoms with E-state index in [-0.39, 0.29) is 11.1 Å². The van der Waals surface area contributed by atoms with Crippen LogP contribution in [0, 0.1) is 0 Å². The summed E-state index contributed by atoms with van der Waals surface area (Å²) in [5.41, 5.74) is 0.147. The highest BCUT2D eigenvalue weighted by Gasteiger charge is 2.23. The minimum Gasteiger partial charge on any atom is -0.497 e. The van der Waals surface area contributed by atoms with Crippen LogP contribution in [0.3, 0.4) is 0 Å². The van der Waals surface area contributed by atoms with Crippen molar-refractivity contribution in [1.82, 2.24) is 5.32 Å². The van der Waals surface area contributed by atoms with Crippen LogP contribution >= 0.6 is 0 Å². The molecule has 0 saturated carbocycles. The zero-order valence-electron chi connectivity index (χ0n) is 14.7. The molecule has 0 radical (unpaired) electrons. The molecule has 0 bridgehead atoms. The summed E-state index contributed by atoms with van der Waals surface area (Å²) in [7, 11) is 2.88. The Morgan fingerprint density at radius 1 is 1.11 bits per heavy atom. The molecule has 2 rings (SSSR count). The molecule has 0 aliphatic carbocycles. The highest BCUT2D eigenvalue weighted by atomic mass is 19.3. The lowest BCUT2D eigenvalue weighted by molar-refractivity contribution is -0.137. The lowest BCUT2D eigenvalue weighted by atomic mass is 10.0. The van der Waals surface area contributed by atoms with E-state index in [1.54, 1.807) is 18.2 Å². The molecule has 0 aliphatic heterocycles. The van der Waals surface area contributed by atoms with E-state index in [1.807, 2.05) is 0 Å². The number of aliphatic carboxylic acids is 1. The van der Waals surface area contributed by atoms with Crippen molar-refractivity contribution in [3.05, 3.63) is 59.2 Å². The van der Waals surface area contributed by atoms with Crippen molar-refractivity contribution in [3.63, 3.8) is 0 Å². The van der Waals surface area contributed by atoms with Crippen LogP contribution in [0.2, 0.25) is 0 Å². The summed E-state index contributed by atoms with van der Waals surface area (Å²) in [5.74, 6) is -0.969. The van der Waals surface area contributed by atoms with Crippen molar-refractivity contribution in [2.45, 2.75) is 18.9 Å². The van der Waals surface area contributed by atoms with Crippen LogP contribution in [0.5, 0.6) is 11.5 Å². The van der Waals surface area contributed by atoms with Crippen molar-refractivity contribution in [2.75, 3.05) is 14.2 Å². The Balaban J connectivity index is 2.33. The average Bonchev–Trinajstić information content (AvgIpc) is 2.66. The first-order valence-corrected chi connectivity index (χ1v) is 7.98. The first-order valence-electron chi connectivity index (χ1n) is 7.98. The molecule has 6 nitrogen and oxygen atoms in total. The number of carboxylic acids is 1. The van der Waals surface area contributed by atoms with Crippen LogP contribution < -0.4 is 14.8 Å². The molecule has 0 aliphatic rings. The second-order valence-electron chi connectivity index (χ2n) is 5.66. The van der Waals surface area contributed by atoms with Gasteiger partial charge >= 0.3 is 5.97 Å². The third kappa shape index (κ3) is 5.16. The zero-order valence-corrected chi connectivity index (χ0v) is 14.7. The maximum atomic E-state index is 12.8. The molecule has 2 aromatic carbocycles. The third-order valence-electron chi connectivity index (χ3n) is 3.90. The van der Waals surface area contributed by atoms with E-state index < -0.39 is 30.8 Å².